The Bertz CT molecular complexity index is 601. The van der Waals surface area contributed by atoms with Gasteiger partial charge in [0.25, 0.3) is 5.91 Å². The van der Waals surface area contributed by atoms with Crippen LogP contribution < -0.4 is 5.43 Å². The van der Waals surface area contributed by atoms with E-state index in [1.54, 1.807) is 12.1 Å². The number of nitrogens with zero attached hydrogens (tertiary/aromatic N) is 4. The number of nitrogens with one attached hydrogen (secondary N) is 1. The second-order valence-corrected chi connectivity index (χ2v) is 3.46. The van der Waals surface area contributed by atoms with Gasteiger partial charge >= 0.3 is 5.69 Å². The van der Waals surface area contributed by atoms with Gasteiger partial charge < -0.3 is 4.42 Å². The monoisotopic (exact) mass is 263 g/mol. The number of hydrazone groups is 1. The maximum Gasteiger partial charge on any atom is 0.307 e. The minimum atomic E-state index is -0.587. The summed E-state index contributed by atoms with van der Waals surface area (Å²) in [5, 5.41) is 17.8. The quantitative estimate of drug-likeness (QED) is 0.480. The van der Waals surface area contributed by atoms with Crippen LogP contribution in [0, 0.1) is 10.1 Å². The molecule has 1 amide bonds. The third-order valence-electron chi connectivity index (χ3n) is 2.06. The number of amides is 1. The van der Waals surface area contributed by atoms with E-state index in [-0.39, 0.29) is 12.2 Å². The first-order valence-electron chi connectivity index (χ1n) is 5.17. The lowest BCUT2D eigenvalue weighted by Gasteiger charge is -1.98. The standard InChI is InChI=1S/C10H9N5O4/c16-10(13-11-5-9-2-1-3-19-9)7-14-6-8(4-12-14)15(17)18/h1-6H,7H2,(H,13,16). The highest BCUT2D eigenvalue weighted by molar-refractivity contribution is 5.80. The highest BCUT2D eigenvalue weighted by Gasteiger charge is 2.10. The SMILES string of the molecule is O=C(Cn1cc([N+](=O)[O-])cn1)NN=Cc1ccco1. The Hall–Kier alpha value is -2.97. The third kappa shape index (κ3) is 3.49. The van der Waals surface area contributed by atoms with Crippen LogP contribution in [0.1, 0.15) is 5.76 Å². The summed E-state index contributed by atoms with van der Waals surface area (Å²) in [6.07, 6.45) is 5.05. The highest BCUT2D eigenvalue weighted by atomic mass is 16.6. The van der Waals surface area contributed by atoms with E-state index in [2.05, 4.69) is 15.6 Å². The Kier molecular flexibility index (Phi) is 3.67. The second kappa shape index (κ2) is 5.58. The fourth-order valence-electron chi connectivity index (χ4n) is 1.25. The van der Waals surface area contributed by atoms with Crippen LogP contribution in [0.5, 0.6) is 0 Å². The number of hydrogen-bond acceptors (Lipinski definition) is 6. The van der Waals surface area contributed by atoms with Crippen molar-refractivity contribution in [1.82, 2.24) is 15.2 Å². The summed E-state index contributed by atoms with van der Waals surface area (Å²) in [7, 11) is 0. The van der Waals surface area contributed by atoms with Crippen molar-refractivity contribution in [2.75, 3.05) is 0 Å². The Labute approximate surface area is 106 Å². The molecule has 0 aromatic carbocycles. The van der Waals surface area contributed by atoms with E-state index in [0.29, 0.717) is 5.76 Å². The third-order valence-corrected chi connectivity index (χ3v) is 2.06. The number of furan rings is 1. The van der Waals surface area contributed by atoms with Gasteiger partial charge in [-0.15, -0.1) is 0 Å². The average Bonchev–Trinajstić information content (AvgIpc) is 3.00. The molecule has 0 saturated carbocycles. The van der Waals surface area contributed by atoms with Crippen LogP contribution in [0.25, 0.3) is 0 Å². The van der Waals surface area contributed by atoms with Gasteiger partial charge in [-0.1, -0.05) is 0 Å². The second-order valence-electron chi connectivity index (χ2n) is 3.46. The van der Waals surface area contributed by atoms with Gasteiger partial charge in [-0.25, -0.2) is 5.43 Å². The predicted octanol–water partition coefficient (Wildman–Crippen LogP) is 0.535. The molecule has 0 spiro atoms. The lowest BCUT2D eigenvalue weighted by molar-refractivity contribution is -0.385. The minimum Gasteiger partial charge on any atom is -0.463 e. The van der Waals surface area contributed by atoms with Crippen LogP contribution in [0.15, 0.2) is 40.3 Å². The molecule has 2 aromatic heterocycles. The molecule has 0 fully saturated rings. The Morgan fingerprint density at radius 3 is 3.16 bits per heavy atom. The Balaban J connectivity index is 1.85. The molecule has 98 valence electrons. The number of hydrogen-bond donors (Lipinski definition) is 1. The van der Waals surface area contributed by atoms with E-state index in [1.165, 1.54) is 12.5 Å². The summed E-state index contributed by atoms with van der Waals surface area (Å²) < 4.78 is 6.12. The van der Waals surface area contributed by atoms with E-state index < -0.39 is 10.8 Å². The summed E-state index contributed by atoms with van der Waals surface area (Å²) in [4.78, 5) is 21.3. The number of rotatable bonds is 5. The van der Waals surface area contributed by atoms with Crippen molar-refractivity contribution in [3.05, 3.63) is 46.7 Å². The van der Waals surface area contributed by atoms with E-state index in [9.17, 15) is 14.9 Å². The summed E-state index contributed by atoms with van der Waals surface area (Å²) >= 11 is 0. The van der Waals surface area contributed by atoms with Crippen molar-refractivity contribution >= 4 is 17.8 Å². The van der Waals surface area contributed by atoms with Crippen LogP contribution in [0.4, 0.5) is 5.69 Å². The van der Waals surface area contributed by atoms with E-state index in [1.807, 2.05) is 0 Å². The zero-order chi connectivity index (χ0) is 13.7. The number of aromatic nitrogens is 2. The van der Waals surface area contributed by atoms with Crippen molar-refractivity contribution in [2.24, 2.45) is 5.10 Å². The van der Waals surface area contributed by atoms with Crippen LogP contribution >= 0.6 is 0 Å². The van der Waals surface area contributed by atoms with Crippen LogP contribution in [-0.2, 0) is 11.3 Å². The molecule has 0 saturated heterocycles. The Morgan fingerprint density at radius 1 is 1.68 bits per heavy atom. The smallest absolute Gasteiger partial charge is 0.307 e. The van der Waals surface area contributed by atoms with Gasteiger partial charge in [0.05, 0.1) is 17.4 Å². The molecule has 0 aliphatic rings. The topological polar surface area (TPSA) is 116 Å². The van der Waals surface area contributed by atoms with Gasteiger partial charge in [-0.05, 0) is 12.1 Å². The minimum absolute atomic E-state index is 0.163. The molecule has 0 atom stereocenters. The van der Waals surface area contributed by atoms with Gasteiger partial charge in [0.15, 0.2) is 0 Å². The molecule has 2 aromatic rings. The van der Waals surface area contributed by atoms with Crippen molar-refractivity contribution in [1.29, 1.82) is 0 Å². The Morgan fingerprint density at radius 2 is 2.53 bits per heavy atom. The number of nitro groups is 1. The van der Waals surface area contributed by atoms with Crippen LogP contribution in [0.2, 0.25) is 0 Å². The molecule has 0 unspecified atom stereocenters. The first-order valence-corrected chi connectivity index (χ1v) is 5.17. The van der Waals surface area contributed by atoms with E-state index in [4.69, 9.17) is 4.42 Å². The zero-order valence-electron chi connectivity index (χ0n) is 9.59. The lowest BCUT2D eigenvalue weighted by atomic mass is 10.5. The summed E-state index contributed by atoms with van der Waals surface area (Å²) in [5.41, 5.74) is 2.07. The zero-order valence-corrected chi connectivity index (χ0v) is 9.59. The van der Waals surface area contributed by atoms with Gasteiger partial charge in [0.2, 0.25) is 0 Å². The van der Waals surface area contributed by atoms with Crippen molar-refractivity contribution in [2.45, 2.75) is 6.54 Å². The van der Waals surface area contributed by atoms with Crippen LogP contribution in [0.3, 0.4) is 0 Å². The fourth-order valence-corrected chi connectivity index (χ4v) is 1.25. The van der Waals surface area contributed by atoms with Gasteiger partial charge in [-0.2, -0.15) is 10.2 Å². The molecule has 9 heteroatoms. The first kappa shape index (κ1) is 12.5. The van der Waals surface area contributed by atoms with Crippen molar-refractivity contribution in [3.8, 4) is 0 Å². The predicted molar refractivity (Wildman–Crippen MR) is 63.3 cm³/mol. The molecule has 2 heterocycles. The fraction of sp³-hybridized carbons (Fsp3) is 0.100. The molecule has 0 bridgehead atoms. The van der Waals surface area contributed by atoms with Crippen molar-refractivity contribution < 1.29 is 14.1 Å². The first-order chi connectivity index (χ1) is 9.15. The molecule has 9 nitrogen and oxygen atoms in total. The van der Waals surface area contributed by atoms with Crippen molar-refractivity contribution in [3.63, 3.8) is 0 Å². The maximum absolute atomic E-state index is 11.4. The largest absolute Gasteiger partial charge is 0.463 e. The number of carbonyl (C=O) groups is 1. The highest BCUT2D eigenvalue weighted by Crippen LogP contribution is 2.07. The molecule has 19 heavy (non-hydrogen) atoms. The normalized spacial score (nSPS) is 10.7. The van der Waals surface area contributed by atoms with Gasteiger partial charge in [-0.3, -0.25) is 19.6 Å². The average molecular weight is 263 g/mol. The molecule has 0 aliphatic carbocycles. The molecular weight excluding hydrogens is 254 g/mol. The maximum atomic E-state index is 11.4. The van der Waals surface area contributed by atoms with Crippen LogP contribution in [-0.4, -0.2) is 26.8 Å². The van der Waals surface area contributed by atoms with E-state index >= 15 is 0 Å². The molecular formula is C10H9N5O4. The summed E-state index contributed by atoms with van der Waals surface area (Å²) in [6, 6.07) is 3.36. The molecule has 1 N–H and O–H groups in total. The molecule has 0 aliphatic heterocycles. The van der Waals surface area contributed by atoms with Gasteiger partial charge in [0, 0.05) is 0 Å². The summed E-state index contributed by atoms with van der Waals surface area (Å²) in [5.74, 6) is 0.0378. The molecule has 0 radical (unpaired) electrons. The lowest BCUT2D eigenvalue weighted by Crippen LogP contribution is -2.23. The number of carbonyl (C=O) groups excluding carboxylic acids is 1. The molecule has 2 rings (SSSR count). The van der Waals surface area contributed by atoms with Gasteiger partial charge in [0.1, 0.15) is 24.7 Å². The van der Waals surface area contributed by atoms with E-state index in [0.717, 1.165) is 17.1 Å². The summed E-state index contributed by atoms with van der Waals surface area (Å²) in [6.45, 7) is -0.163.